The van der Waals surface area contributed by atoms with E-state index in [4.69, 9.17) is 4.74 Å². The molecule has 1 amide bonds. The minimum atomic E-state index is -1.28. The first-order valence-electron chi connectivity index (χ1n) is 9.92. The van der Waals surface area contributed by atoms with Crippen molar-refractivity contribution in [2.75, 3.05) is 65.6 Å². The Balaban J connectivity index is 1.33. The molecule has 3 heterocycles. The number of halogens is 3. The number of carbonyl (C=O) groups is 1. The van der Waals surface area contributed by atoms with Gasteiger partial charge in [0.1, 0.15) is 5.82 Å². The first-order valence-corrected chi connectivity index (χ1v) is 9.92. The van der Waals surface area contributed by atoms with Crippen molar-refractivity contribution in [3.05, 3.63) is 35.1 Å². The number of amides is 1. The summed E-state index contributed by atoms with van der Waals surface area (Å²) in [7, 11) is 0. The third kappa shape index (κ3) is 4.04. The third-order valence-electron chi connectivity index (χ3n) is 6.32. The molecule has 1 aromatic rings. The second kappa shape index (κ2) is 8.00. The molecule has 0 aliphatic carbocycles. The number of rotatable bonds is 4. The van der Waals surface area contributed by atoms with E-state index < -0.39 is 28.9 Å². The van der Waals surface area contributed by atoms with E-state index in [1.807, 2.05) is 0 Å². The van der Waals surface area contributed by atoms with Gasteiger partial charge in [-0.25, -0.2) is 13.2 Å². The van der Waals surface area contributed by atoms with Crippen molar-refractivity contribution in [1.29, 1.82) is 0 Å². The van der Waals surface area contributed by atoms with Crippen molar-refractivity contribution in [1.82, 2.24) is 14.7 Å². The van der Waals surface area contributed by atoms with E-state index >= 15 is 0 Å². The highest BCUT2D eigenvalue weighted by Crippen LogP contribution is 2.40. The van der Waals surface area contributed by atoms with Crippen LogP contribution in [0.15, 0.2) is 12.1 Å². The summed E-state index contributed by atoms with van der Waals surface area (Å²) in [6, 6.07) is 1.11. The molecule has 1 aromatic carbocycles. The Morgan fingerprint density at radius 1 is 0.893 bits per heavy atom. The van der Waals surface area contributed by atoms with Gasteiger partial charge in [0.05, 0.1) is 18.8 Å². The molecule has 0 aromatic heterocycles. The molecular formula is C20H26F3N3O2. The molecule has 28 heavy (non-hydrogen) atoms. The molecular weight excluding hydrogens is 371 g/mol. The number of nitrogens with zero attached hydrogens (tertiary/aromatic N) is 3. The second-order valence-corrected chi connectivity index (χ2v) is 8.20. The van der Waals surface area contributed by atoms with E-state index in [0.29, 0.717) is 25.2 Å². The summed E-state index contributed by atoms with van der Waals surface area (Å²) in [6.07, 6.45) is 1.86. The lowest BCUT2D eigenvalue weighted by Crippen LogP contribution is -2.41. The summed E-state index contributed by atoms with van der Waals surface area (Å²) in [5.74, 6) is -4.05. The second-order valence-electron chi connectivity index (χ2n) is 8.20. The Hall–Kier alpha value is -1.64. The van der Waals surface area contributed by atoms with Crippen LogP contribution in [0.2, 0.25) is 0 Å². The van der Waals surface area contributed by atoms with Crippen molar-refractivity contribution in [3.63, 3.8) is 0 Å². The molecule has 3 aliphatic heterocycles. The monoisotopic (exact) mass is 397 g/mol. The van der Waals surface area contributed by atoms with Gasteiger partial charge < -0.3 is 14.5 Å². The normalized spacial score (nSPS) is 26.5. The lowest BCUT2D eigenvalue weighted by atomic mass is 9.86. The number of hydrogen-bond donors (Lipinski definition) is 0. The van der Waals surface area contributed by atoms with Crippen molar-refractivity contribution in [2.45, 2.75) is 12.8 Å². The molecule has 154 valence electrons. The Morgan fingerprint density at radius 3 is 2.36 bits per heavy atom. The largest absolute Gasteiger partial charge is 0.379 e. The van der Waals surface area contributed by atoms with Crippen LogP contribution in [0.3, 0.4) is 0 Å². The summed E-state index contributed by atoms with van der Waals surface area (Å²) in [5, 5.41) is 0. The molecule has 0 saturated carbocycles. The smallest absolute Gasteiger partial charge is 0.256 e. The fraction of sp³-hybridized carbons (Fsp3) is 0.650. The van der Waals surface area contributed by atoms with Gasteiger partial charge in [-0.2, -0.15) is 0 Å². The maximum atomic E-state index is 14.0. The molecule has 1 unspecified atom stereocenters. The Morgan fingerprint density at radius 2 is 1.57 bits per heavy atom. The van der Waals surface area contributed by atoms with Gasteiger partial charge in [0.15, 0.2) is 11.6 Å². The van der Waals surface area contributed by atoms with Crippen LogP contribution in [0.5, 0.6) is 0 Å². The van der Waals surface area contributed by atoms with Crippen LogP contribution < -0.4 is 0 Å². The predicted octanol–water partition coefficient (Wildman–Crippen LogP) is 1.97. The molecule has 3 aliphatic rings. The highest BCUT2D eigenvalue weighted by atomic mass is 19.2. The molecule has 3 fully saturated rings. The topological polar surface area (TPSA) is 36.0 Å². The van der Waals surface area contributed by atoms with Gasteiger partial charge in [-0.15, -0.1) is 0 Å². The molecule has 8 heteroatoms. The van der Waals surface area contributed by atoms with E-state index in [9.17, 15) is 18.0 Å². The summed E-state index contributed by atoms with van der Waals surface area (Å²) < 4.78 is 45.9. The van der Waals surface area contributed by atoms with Gasteiger partial charge in [-0.1, -0.05) is 0 Å². The quantitative estimate of drug-likeness (QED) is 0.728. The number of hydrogen-bond acceptors (Lipinski definition) is 4. The fourth-order valence-electron chi connectivity index (χ4n) is 4.62. The first kappa shape index (κ1) is 19.7. The summed E-state index contributed by atoms with van der Waals surface area (Å²) in [5.41, 5.74) is -0.367. The van der Waals surface area contributed by atoms with E-state index in [1.165, 1.54) is 0 Å². The van der Waals surface area contributed by atoms with Crippen molar-refractivity contribution < 1.29 is 22.7 Å². The van der Waals surface area contributed by atoms with Gasteiger partial charge in [-0.05, 0) is 25.5 Å². The van der Waals surface area contributed by atoms with Crippen LogP contribution in [0.4, 0.5) is 13.2 Å². The van der Waals surface area contributed by atoms with E-state index in [1.54, 1.807) is 4.90 Å². The zero-order valence-electron chi connectivity index (χ0n) is 15.9. The standard InChI is InChI=1S/C20H26F3N3O2/c21-16-12-18(23)17(22)11-15(16)19(27)26-4-2-20(14-26)1-3-25(13-20)6-5-24-7-9-28-10-8-24/h11-12H,1-10,13-14H2. The summed E-state index contributed by atoms with van der Waals surface area (Å²) in [4.78, 5) is 19.1. The highest BCUT2D eigenvalue weighted by molar-refractivity contribution is 5.94. The lowest BCUT2D eigenvalue weighted by Gasteiger charge is -2.29. The molecule has 4 rings (SSSR count). The van der Waals surface area contributed by atoms with Gasteiger partial charge >= 0.3 is 0 Å². The maximum Gasteiger partial charge on any atom is 0.256 e. The average Bonchev–Trinajstić information content (AvgIpc) is 3.30. The Kier molecular flexibility index (Phi) is 5.62. The molecule has 0 bridgehead atoms. The Bertz CT molecular complexity index is 742. The average molecular weight is 397 g/mol. The van der Waals surface area contributed by atoms with Gasteiger partial charge in [0, 0.05) is 57.3 Å². The van der Waals surface area contributed by atoms with Crippen LogP contribution >= 0.6 is 0 Å². The highest BCUT2D eigenvalue weighted by Gasteiger charge is 2.45. The molecule has 0 radical (unpaired) electrons. The minimum Gasteiger partial charge on any atom is -0.379 e. The van der Waals surface area contributed by atoms with Crippen LogP contribution in [0, 0.1) is 22.9 Å². The lowest BCUT2D eigenvalue weighted by molar-refractivity contribution is 0.0339. The van der Waals surface area contributed by atoms with Crippen molar-refractivity contribution >= 4 is 5.91 Å². The predicted molar refractivity (Wildman–Crippen MR) is 97.6 cm³/mol. The van der Waals surface area contributed by atoms with Crippen LogP contribution in [0.1, 0.15) is 23.2 Å². The van der Waals surface area contributed by atoms with Gasteiger partial charge in [0.25, 0.3) is 5.91 Å². The van der Waals surface area contributed by atoms with E-state index in [0.717, 1.165) is 65.3 Å². The SMILES string of the molecule is O=C(c1cc(F)c(F)cc1F)N1CCC2(CCN(CCN3CCOCC3)C2)C1. The fourth-order valence-corrected chi connectivity index (χ4v) is 4.62. The Labute approximate surface area is 163 Å². The van der Waals surface area contributed by atoms with Gasteiger partial charge in [0.2, 0.25) is 0 Å². The van der Waals surface area contributed by atoms with Gasteiger partial charge in [-0.3, -0.25) is 9.69 Å². The number of likely N-dealkylation sites (tertiary alicyclic amines) is 2. The van der Waals surface area contributed by atoms with E-state index in [2.05, 4.69) is 9.80 Å². The first-order chi connectivity index (χ1) is 13.5. The van der Waals surface area contributed by atoms with Crippen LogP contribution in [0.25, 0.3) is 0 Å². The molecule has 1 atom stereocenters. The maximum absolute atomic E-state index is 14.0. The number of ether oxygens (including phenoxy) is 1. The van der Waals surface area contributed by atoms with E-state index in [-0.39, 0.29) is 5.41 Å². The minimum absolute atomic E-state index is 0.0235. The number of carbonyl (C=O) groups excluding carboxylic acids is 1. The summed E-state index contributed by atoms with van der Waals surface area (Å²) in [6.45, 7) is 8.51. The molecule has 5 nitrogen and oxygen atoms in total. The number of morpholine rings is 1. The van der Waals surface area contributed by atoms with Crippen LogP contribution in [-0.4, -0.2) is 86.2 Å². The zero-order valence-corrected chi connectivity index (χ0v) is 15.9. The molecule has 3 saturated heterocycles. The van der Waals surface area contributed by atoms with Crippen molar-refractivity contribution in [3.8, 4) is 0 Å². The zero-order chi connectivity index (χ0) is 19.7. The molecule has 1 spiro atoms. The third-order valence-corrected chi connectivity index (χ3v) is 6.32. The summed E-state index contributed by atoms with van der Waals surface area (Å²) >= 11 is 0. The van der Waals surface area contributed by atoms with Crippen molar-refractivity contribution in [2.24, 2.45) is 5.41 Å². The van der Waals surface area contributed by atoms with Crippen LogP contribution in [-0.2, 0) is 4.74 Å². The number of benzene rings is 1. The molecule has 0 N–H and O–H groups in total.